The SMILES string of the molecule is C/C=S(\c1nc2n(n1)[C@H](c1ccccc1Cl)C[C@@H]2C)C(F)(F)F. The highest BCUT2D eigenvalue weighted by Gasteiger charge is 2.39. The summed E-state index contributed by atoms with van der Waals surface area (Å²) in [5, 5.41) is 5.72. The number of rotatable bonds is 2. The summed E-state index contributed by atoms with van der Waals surface area (Å²) in [5.41, 5.74) is -3.50. The number of halogens is 4. The van der Waals surface area contributed by atoms with Gasteiger partial charge in [0.2, 0.25) is 5.16 Å². The van der Waals surface area contributed by atoms with E-state index in [1.165, 1.54) is 6.92 Å². The molecule has 2 aromatic rings. The van der Waals surface area contributed by atoms with Gasteiger partial charge < -0.3 is 0 Å². The summed E-state index contributed by atoms with van der Waals surface area (Å²) in [6, 6.07) is 7.17. The van der Waals surface area contributed by atoms with Crippen molar-refractivity contribution < 1.29 is 13.2 Å². The third-order valence-corrected chi connectivity index (χ3v) is 5.78. The van der Waals surface area contributed by atoms with Gasteiger partial charge in [-0.15, -0.1) is 5.10 Å². The maximum atomic E-state index is 13.1. The molecule has 0 aliphatic carbocycles. The predicted molar refractivity (Wildman–Crippen MR) is 86.3 cm³/mol. The van der Waals surface area contributed by atoms with E-state index < -0.39 is 16.0 Å². The van der Waals surface area contributed by atoms with E-state index in [1.807, 2.05) is 25.1 Å². The largest absolute Gasteiger partial charge is 0.443 e. The van der Waals surface area contributed by atoms with Crippen LogP contribution in [0.3, 0.4) is 0 Å². The molecule has 124 valence electrons. The monoisotopic (exact) mass is 361 g/mol. The van der Waals surface area contributed by atoms with Crippen LogP contribution < -0.4 is 0 Å². The fourth-order valence-electron chi connectivity index (χ4n) is 2.86. The smallest absolute Gasteiger partial charge is 0.241 e. The van der Waals surface area contributed by atoms with Crippen LogP contribution in [0, 0.1) is 0 Å². The number of nitrogens with zero attached hydrogens (tertiary/aromatic N) is 3. The van der Waals surface area contributed by atoms with Crippen molar-refractivity contribution in [2.24, 2.45) is 0 Å². The van der Waals surface area contributed by atoms with Crippen LogP contribution in [-0.2, 0) is 0 Å². The van der Waals surface area contributed by atoms with E-state index in [-0.39, 0.29) is 17.1 Å². The number of alkyl halides is 3. The fraction of sp³-hybridized carbons (Fsp3) is 0.400. The van der Waals surface area contributed by atoms with Gasteiger partial charge in [0, 0.05) is 10.9 Å². The Labute approximate surface area is 139 Å². The molecule has 2 heterocycles. The molecule has 8 heteroatoms. The van der Waals surface area contributed by atoms with Gasteiger partial charge in [-0.2, -0.15) is 13.2 Å². The zero-order chi connectivity index (χ0) is 16.8. The third-order valence-electron chi connectivity index (χ3n) is 3.90. The Morgan fingerprint density at radius 1 is 1.35 bits per heavy atom. The number of fused-ring (bicyclic) bond motifs is 1. The number of hydrogen-bond donors (Lipinski definition) is 0. The molecule has 0 fully saturated rings. The van der Waals surface area contributed by atoms with Gasteiger partial charge in [0.05, 0.1) is 6.04 Å². The number of benzene rings is 1. The van der Waals surface area contributed by atoms with Gasteiger partial charge in [0.25, 0.3) is 0 Å². The van der Waals surface area contributed by atoms with Gasteiger partial charge in [-0.3, -0.25) is 0 Å². The lowest BCUT2D eigenvalue weighted by atomic mass is 10.0. The number of aromatic nitrogens is 3. The van der Waals surface area contributed by atoms with Crippen LogP contribution in [0.2, 0.25) is 5.02 Å². The van der Waals surface area contributed by atoms with Crippen molar-refractivity contribution in [1.82, 2.24) is 14.8 Å². The Hall–Kier alpha value is -1.34. The van der Waals surface area contributed by atoms with Crippen molar-refractivity contribution in [2.45, 2.75) is 42.9 Å². The molecule has 0 radical (unpaired) electrons. The first-order chi connectivity index (χ1) is 10.8. The molecular weight excluding hydrogens is 347 g/mol. The molecule has 3 nitrogen and oxygen atoms in total. The third kappa shape index (κ3) is 2.92. The zero-order valence-electron chi connectivity index (χ0n) is 12.5. The molecule has 1 aromatic heterocycles. The van der Waals surface area contributed by atoms with Gasteiger partial charge in [0.1, 0.15) is 5.82 Å². The van der Waals surface area contributed by atoms with E-state index in [0.29, 0.717) is 10.8 Å². The van der Waals surface area contributed by atoms with Crippen molar-refractivity contribution in [1.29, 1.82) is 0 Å². The van der Waals surface area contributed by atoms with Crippen LogP contribution in [-0.4, -0.2) is 25.6 Å². The van der Waals surface area contributed by atoms with Crippen molar-refractivity contribution in [3.8, 4) is 0 Å². The maximum absolute atomic E-state index is 13.1. The second-order valence-corrected chi connectivity index (χ2v) is 7.77. The Morgan fingerprint density at radius 3 is 2.65 bits per heavy atom. The molecular formula is C15H15ClF3N3S. The lowest BCUT2D eigenvalue weighted by Crippen LogP contribution is -2.10. The quantitative estimate of drug-likeness (QED) is 0.705. The Bertz CT molecular complexity index is 770. The lowest BCUT2D eigenvalue weighted by Gasteiger charge is -2.14. The Kier molecular flexibility index (Phi) is 4.27. The van der Waals surface area contributed by atoms with Gasteiger partial charge in [0.15, 0.2) is 0 Å². The second-order valence-electron chi connectivity index (χ2n) is 5.39. The summed E-state index contributed by atoms with van der Waals surface area (Å²) in [7, 11) is -2.06. The summed E-state index contributed by atoms with van der Waals surface area (Å²) >= 11 is 6.24. The minimum absolute atomic E-state index is 0.0352. The average molecular weight is 362 g/mol. The lowest BCUT2D eigenvalue weighted by molar-refractivity contribution is -0.0337. The highest BCUT2D eigenvalue weighted by Crippen LogP contribution is 2.45. The molecule has 1 unspecified atom stereocenters. The first-order valence-electron chi connectivity index (χ1n) is 7.13. The van der Waals surface area contributed by atoms with E-state index in [2.05, 4.69) is 10.1 Å². The van der Waals surface area contributed by atoms with E-state index in [9.17, 15) is 13.2 Å². The van der Waals surface area contributed by atoms with Crippen LogP contribution in [0.5, 0.6) is 0 Å². The summed E-state index contributed by atoms with van der Waals surface area (Å²) in [5.74, 6) is 0.626. The van der Waals surface area contributed by atoms with Gasteiger partial charge in [-0.25, -0.2) is 9.67 Å². The van der Waals surface area contributed by atoms with Gasteiger partial charge in [-0.05, 0) is 40.8 Å². The molecule has 1 aliphatic heterocycles. The number of hydrogen-bond acceptors (Lipinski definition) is 2. The molecule has 3 rings (SSSR count). The van der Waals surface area contributed by atoms with Crippen LogP contribution in [0.1, 0.15) is 43.6 Å². The first-order valence-corrected chi connectivity index (χ1v) is 8.79. The minimum Gasteiger partial charge on any atom is -0.241 e. The van der Waals surface area contributed by atoms with E-state index >= 15 is 0 Å². The Morgan fingerprint density at radius 2 is 2.04 bits per heavy atom. The van der Waals surface area contributed by atoms with Crippen molar-refractivity contribution in [3.63, 3.8) is 0 Å². The predicted octanol–water partition coefficient (Wildman–Crippen LogP) is 5.00. The van der Waals surface area contributed by atoms with Crippen molar-refractivity contribution in [3.05, 3.63) is 40.7 Å². The summed E-state index contributed by atoms with van der Waals surface area (Å²) in [6.45, 7) is 3.33. The zero-order valence-corrected chi connectivity index (χ0v) is 14.1. The van der Waals surface area contributed by atoms with Crippen LogP contribution in [0.4, 0.5) is 13.2 Å². The average Bonchev–Trinajstić information content (AvgIpc) is 3.00. The normalized spacial score (nSPS) is 22.3. The van der Waals surface area contributed by atoms with E-state index in [4.69, 9.17) is 11.6 Å². The van der Waals surface area contributed by atoms with E-state index in [1.54, 1.807) is 10.7 Å². The standard InChI is InChI=1S/C15H15ClF3N3S/c1-3-23(15(17,18)19)14-20-13-9(2)8-12(22(13)21-14)10-6-4-5-7-11(10)16/h3-7,9,12H,8H2,1-2H3/t9-,12-,23?/m0/s1. The molecule has 0 saturated carbocycles. The van der Waals surface area contributed by atoms with E-state index in [0.717, 1.165) is 17.4 Å². The molecule has 0 amide bonds. The van der Waals surface area contributed by atoms with Crippen molar-refractivity contribution >= 4 is 27.5 Å². The highest BCUT2D eigenvalue weighted by molar-refractivity contribution is 8.15. The summed E-state index contributed by atoms with van der Waals surface area (Å²) in [6.07, 6.45) is 0.731. The second kappa shape index (κ2) is 5.94. The molecule has 23 heavy (non-hydrogen) atoms. The molecule has 3 atom stereocenters. The molecule has 0 bridgehead atoms. The fourth-order valence-corrected chi connectivity index (χ4v) is 4.17. The van der Waals surface area contributed by atoms with Crippen LogP contribution in [0.25, 0.3) is 0 Å². The van der Waals surface area contributed by atoms with Gasteiger partial charge >= 0.3 is 5.51 Å². The molecule has 0 spiro atoms. The molecule has 0 N–H and O–H groups in total. The summed E-state index contributed by atoms with van der Waals surface area (Å²) in [4.78, 5) is 4.18. The molecule has 1 aromatic carbocycles. The van der Waals surface area contributed by atoms with Crippen LogP contribution >= 0.6 is 22.1 Å². The topological polar surface area (TPSA) is 30.7 Å². The van der Waals surface area contributed by atoms with Crippen LogP contribution in [0.15, 0.2) is 29.4 Å². The summed E-state index contributed by atoms with van der Waals surface area (Å²) < 4.78 is 41.0. The molecule has 1 aliphatic rings. The van der Waals surface area contributed by atoms with Crippen molar-refractivity contribution in [2.75, 3.05) is 0 Å². The highest BCUT2D eigenvalue weighted by atomic mass is 35.5. The minimum atomic E-state index is -4.36. The van der Waals surface area contributed by atoms with Gasteiger partial charge in [-0.1, -0.05) is 36.7 Å². The first kappa shape index (κ1) is 16.5. The molecule has 0 saturated heterocycles. The maximum Gasteiger partial charge on any atom is 0.443 e. The Balaban J connectivity index is 2.07.